The van der Waals surface area contributed by atoms with Crippen LogP contribution in [0.3, 0.4) is 0 Å². The fourth-order valence-corrected chi connectivity index (χ4v) is 6.32. The van der Waals surface area contributed by atoms with Crippen molar-refractivity contribution in [3.63, 3.8) is 0 Å². The number of phenols is 1. The molecule has 0 fully saturated rings. The second-order valence-corrected chi connectivity index (χ2v) is 10.7. The van der Waals surface area contributed by atoms with Gasteiger partial charge in [-0.25, -0.2) is 9.97 Å². The monoisotopic (exact) mass is 541 g/mol. The molecule has 1 atom stereocenters. The molecule has 2 N–H and O–H groups in total. The number of ether oxygens (including phenoxy) is 1. The second kappa shape index (κ2) is 9.20. The van der Waals surface area contributed by atoms with E-state index in [1.54, 1.807) is 51.1 Å². The van der Waals surface area contributed by atoms with Crippen molar-refractivity contribution in [1.29, 1.82) is 0 Å². The summed E-state index contributed by atoms with van der Waals surface area (Å²) in [6, 6.07) is 8.75. The van der Waals surface area contributed by atoms with Crippen LogP contribution in [0.2, 0.25) is 5.02 Å². The lowest BCUT2D eigenvalue weighted by atomic mass is 9.95. The number of aliphatic hydroxyl groups excluding tert-OH is 1. The number of rotatable bonds is 6. The Kier molecular flexibility index (Phi) is 6.19. The van der Waals surface area contributed by atoms with E-state index in [4.69, 9.17) is 16.3 Å². The van der Waals surface area contributed by atoms with Crippen LogP contribution in [0.1, 0.15) is 38.9 Å². The molecule has 8 nitrogen and oxygen atoms in total. The van der Waals surface area contributed by atoms with Gasteiger partial charge in [0, 0.05) is 5.02 Å². The number of carbonyl (C=O) groups is 2. The highest BCUT2D eigenvalue weighted by atomic mass is 35.5. The van der Waals surface area contributed by atoms with Crippen LogP contribution in [-0.4, -0.2) is 38.5 Å². The standard InChI is InChI=1S/C25H20ClN3O5S2/c1-4-34-17-9-13(5-8-16(17)30)20-19(21(31)23-11(2)27-12(3)35-23)22(32)24(33)29(20)25-28-15-7-6-14(26)10-18(15)36-25/h5-10,20,30,32H,4H2,1-3H3. The minimum atomic E-state index is -1.01. The third kappa shape index (κ3) is 4.01. The number of anilines is 1. The van der Waals surface area contributed by atoms with E-state index in [1.165, 1.54) is 33.6 Å². The van der Waals surface area contributed by atoms with Gasteiger partial charge in [-0.2, -0.15) is 0 Å². The molecular formula is C25H20ClN3O5S2. The Hall–Kier alpha value is -3.47. The Morgan fingerprint density at radius 2 is 1.92 bits per heavy atom. The lowest BCUT2D eigenvalue weighted by molar-refractivity contribution is -0.117. The van der Waals surface area contributed by atoms with Gasteiger partial charge in [-0.05, 0) is 56.7 Å². The largest absolute Gasteiger partial charge is 0.504 e. The van der Waals surface area contributed by atoms with Crippen LogP contribution in [-0.2, 0) is 4.79 Å². The smallest absolute Gasteiger partial charge is 0.296 e. The molecule has 0 aliphatic carbocycles. The maximum absolute atomic E-state index is 13.8. The van der Waals surface area contributed by atoms with Crippen LogP contribution in [0, 0.1) is 13.8 Å². The molecule has 2 aromatic carbocycles. The molecule has 5 rings (SSSR count). The number of hydrogen-bond acceptors (Lipinski definition) is 9. The van der Waals surface area contributed by atoms with Crippen LogP contribution < -0.4 is 9.64 Å². The van der Waals surface area contributed by atoms with E-state index < -0.39 is 23.5 Å². The highest BCUT2D eigenvalue weighted by Gasteiger charge is 2.46. The molecule has 11 heteroatoms. The average Bonchev–Trinajstić information content (AvgIpc) is 3.48. The summed E-state index contributed by atoms with van der Waals surface area (Å²) in [6.45, 7) is 5.57. The quantitative estimate of drug-likeness (QED) is 0.292. The minimum absolute atomic E-state index is 0.0823. The number of halogens is 1. The summed E-state index contributed by atoms with van der Waals surface area (Å²) in [7, 11) is 0. The van der Waals surface area contributed by atoms with Crippen molar-refractivity contribution in [3.05, 3.63) is 73.9 Å². The van der Waals surface area contributed by atoms with Gasteiger partial charge in [-0.1, -0.05) is 29.0 Å². The number of phenolic OH excluding ortho intramolecular Hbond substituents is 1. The Morgan fingerprint density at radius 1 is 1.14 bits per heavy atom. The normalized spacial score (nSPS) is 15.8. The number of fused-ring (bicyclic) bond motifs is 1. The summed E-state index contributed by atoms with van der Waals surface area (Å²) in [5.74, 6) is -1.79. The Labute approximate surface area is 219 Å². The SMILES string of the molecule is CCOc1cc(C2C(C(=O)c3sc(C)nc3C)=C(O)C(=O)N2c2nc3ccc(Cl)cc3s2)ccc1O. The van der Waals surface area contributed by atoms with Crippen LogP contribution in [0.25, 0.3) is 10.2 Å². The number of aliphatic hydroxyl groups is 1. The summed E-state index contributed by atoms with van der Waals surface area (Å²) in [6.07, 6.45) is 0. The first-order valence-corrected chi connectivity index (χ1v) is 13.0. The predicted molar refractivity (Wildman–Crippen MR) is 140 cm³/mol. The molecule has 2 aromatic heterocycles. The lowest BCUT2D eigenvalue weighted by Gasteiger charge is -2.25. The summed E-state index contributed by atoms with van der Waals surface area (Å²) in [5, 5.41) is 22.8. The topological polar surface area (TPSA) is 113 Å². The van der Waals surface area contributed by atoms with Crippen molar-refractivity contribution >= 4 is 61.3 Å². The highest BCUT2D eigenvalue weighted by molar-refractivity contribution is 7.22. The summed E-state index contributed by atoms with van der Waals surface area (Å²) >= 11 is 8.55. The summed E-state index contributed by atoms with van der Waals surface area (Å²) < 4.78 is 6.29. The van der Waals surface area contributed by atoms with Crippen molar-refractivity contribution in [1.82, 2.24) is 9.97 Å². The number of aromatic nitrogens is 2. The van der Waals surface area contributed by atoms with E-state index >= 15 is 0 Å². The number of amides is 1. The van der Waals surface area contributed by atoms with Crippen molar-refractivity contribution in [3.8, 4) is 11.5 Å². The van der Waals surface area contributed by atoms with Gasteiger partial charge in [-0.15, -0.1) is 11.3 Å². The highest BCUT2D eigenvalue weighted by Crippen LogP contribution is 2.46. The van der Waals surface area contributed by atoms with Gasteiger partial charge in [0.05, 0.1) is 44.0 Å². The molecule has 1 amide bonds. The van der Waals surface area contributed by atoms with Crippen LogP contribution in [0.4, 0.5) is 5.13 Å². The van der Waals surface area contributed by atoms with Crippen molar-refractivity contribution in [2.45, 2.75) is 26.8 Å². The Morgan fingerprint density at radius 3 is 2.61 bits per heavy atom. The average molecular weight is 542 g/mol. The van der Waals surface area contributed by atoms with Crippen molar-refractivity contribution in [2.75, 3.05) is 11.5 Å². The zero-order chi connectivity index (χ0) is 25.7. The molecule has 0 saturated carbocycles. The van der Waals surface area contributed by atoms with E-state index in [9.17, 15) is 19.8 Å². The molecular weight excluding hydrogens is 522 g/mol. The summed E-state index contributed by atoms with van der Waals surface area (Å²) in [5.41, 5.74) is 1.52. The zero-order valence-electron chi connectivity index (χ0n) is 19.4. The van der Waals surface area contributed by atoms with Crippen LogP contribution >= 0.6 is 34.3 Å². The maximum Gasteiger partial charge on any atom is 0.296 e. The van der Waals surface area contributed by atoms with Crippen LogP contribution in [0.15, 0.2) is 47.7 Å². The zero-order valence-corrected chi connectivity index (χ0v) is 21.8. The molecule has 1 aliphatic heterocycles. The molecule has 1 aliphatic rings. The first-order chi connectivity index (χ1) is 17.2. The second-order valence-electron chi connectivity index (χ2n) is 8.09. The number of carbonyl (C=O) groups excluding carboxylic acids is 2. The number of hydrogen-bond donors (Lipinski definition) is 2. The van der Waals surface area contributed by atoms with Gasteiger partial charge in [-0.3, -0.25) is 14.5 Å². The molecule has 1 unspecified atom stereocenters. The van der Waals surface area contributed by atoms with Crippen LogP contribution in [0.5, 0.6) is 11.5 Å². The molecule has 0 saturated heterocycles. The van der Waals surface area contributed by atoms with Gasteiger partial charge in [0.15, 0.2) is 22.4 Å². The Bertz CT molecular complexity index is 1580. The van der Waals surface area contributed by atoms with Crippen molar-refractivity contribution in [2.24, 2.45) is 0 Å². The fraction of sp³-hybridized carbons (Fsp3) is 0.200. The molecule has 3 heterocycles. The minimum Gasteiger partial charge on any atom is -0.504 e. The van der Waals surface area contributed by atoms with Gasteiger partial charge >= 0.3 is 0 Å². The number of aryl methyl sites for hydroxylation is 2. The van der Waals surface area contributed by atoms with E-state index in [1.807, 2.05) is 0 Å². The first kappa shape index (κ1) is 24.2. The molecule has 0 bridgehead atoms. The molecule has 0 radical (unpaired) electrons. The number of aromatic hydroxyl groups is 1. The molecule has 36 heavy (non-hydrogen) atoms. The van der Waals surface area contributed by atoms with Gasteiger partial charge < -0.3 is 14.9 Å². The van der Waals surface area contributed by atoms with Gasteiger partial charge in [0.1, 0.15) is 0 Å². The van der Waals surface area contributed by atoms with E-state index in [0.717, 1.165) is 4.70 Å². The third-order valence-corrected chi connectivity index (χ3v) is 8.03. The third-order valence-electron chi connectivity index (χ3n) is 5.71. The Balaban J connectivity index is 1.71. The number of nitrogens with zero attached hydrogens (tertiary/aromatic N) is 3. The number of thiazole rings is 2. The number of benzene rings is 2. The summed E-state index contributed by atoms with van der Waals surface area (Å²) in [4.78, 5) is 37.8. The van der Waals surface area contributed by atoms with E-state index in [-0.39, 0.29) is 17.1 Å². The molecule has 0 spiro atoms. The lowest BCUT2D eigenvalue weighted by Crippen LogP contribution is -2.31. The molecule has 184 valence electrons. The van der Waals surface area contributed by atoms with E-state index in [0.29, 0.717) is 43.4 Å². The maximum atomic E-state index is 13.8. The van der Waals surface area contributed by atoms with Crippen molar-refractivity contribution < 1.29 is 24.5 Å². The number of ketones is 1. The fourth-order valence-electron chi connectivity index (χ4n) is 4.18. The predicted octanol–water partition coefficient (Wildman–Crippen LogP) is 5.91. The van der Waals surface area contributed by atoms with E-state index in [2.05, 4.69) is 9.97 Å². The van der Waals surface area contributed by atoms with Gasteiger partial charge in [0.2, 0.25) is 5.78 Å². The number of Topliss-reactive ketones (excluding diaryl/α,β-unsaturated/α-hetero) is 1. The molecule has 4 aromatic rings. The first-order valence-electron chi connectivity index (χ1n) is 11.0. The van der Waals surface area contributed by atoms with Gasteiger partial charge in [0.25, 0.3) is 5.91 Å².